The van der Waals surface area contributed by atoms with E-state index in [0.29, 0.717) is 6.54 Å². The summed E-state index contributed by atoms with van der Waals surface area (Å²) in [6.45, 7) is 6.66. The fraction of sp³-hybridized carbons (Fsp3) is 0.400. The molecule has 2 rings (SSSR count). The number of hydrogen-bond donors (Lipinski definition) is 1. The van der Waals surface area contributed by atoms with Gasteiger partial charge in [-0.3, -0.25) is 0 Å². The van der Waals surface area contributed by atoms with Crippen LogP contribution in [0.5, 0.6) is 0 Å². The summed E-state index contributed by atoms with van der Waals surface area (Å²) >= 11 is 0. The van der Waals surface area contributed by atoms with E-state index in [0.717, 1.165) is 5.56 Å². The lowest BCUT2D eigenvalue weighted by atomic mass is 9.72. The zero-order valence-corrected chi connectivity index (χ0v) is 12.4. The van der Waals surface area contributed by atoms with Crippen LogP contribution in [0.4, 0.5) is 0 Å². The molecule has 0 spiro atoms. The van der Waals surface area contributed by atoms with Crippen LogP contribution in [0.1, 0.15) is 26.3 Å². The van der Waals surface area contributed by atoms with Crippen molar-refractivity contribution in [3.8, 4) is 0 Å². The van der Waals surface area contributed by atoms with Gasteiger partial charge >= 0.3 is 0 Å². The molecule has 1 aromatic carbocycles. The monoisotopic (exact) mass is 280 g/mol. The molecule has 2 aromatic rings. The predicted molar refractivity (Wildman–Crippen MR) is 79.3 cm³/mol. The lowest BCUT2D eigenvalue weighted by Gasteiger charge is -2.41. The minimum absolute atomic E-state index is 0. The Hall–Kier alpha value is -1.32. The van der Waals surface area contributed by atoms with E-state index in [2.05, 4.69) is 25.8 Å². The number of halogens is 1. The molecule has 0 saturated carbocycles. The molecular weight excluding hydrogens is 260 g/mol. The topological polar surface area (TPSA) is 38.0 Å². The molecule has 0 aliphatic carbocycles. The van der Waals surface area contributed by atoms with Gasteiger partial charge in [0.2, 0.25) is 0 Å². The molecule has 0 amide bonds. The fourth-order valence-electron chi connectivity index (χ4n) is 2.12. The predicted octanol–water partition coefficient (Wildman–Crippen LogP) is 3.24. The van der Waals surface area contributed by atoms with Gasteiger partial charge in [-0.15, -0.1) is 12.4 Å². The zero-order valence-electron chi connectivity index (χ0n) is 11.6. The van der Waals surface area contributed by atoms with E-state index in [4.69, 9.17) is 0 Å². The highest BCUT2D eigenvalue weighted by atomic mass is 35.5. The van der Waals surface area contributed by atoms with Crippen molar-refractivity contribution >= 4 is 12.4 Å². The molecule has 4 heteroatoms. The summed E-state index contributed by atoms with van der Waals surface area (Å²) < 4.78 is 1.91. The number of aliphatic hydroxyl groups is 1. The molecule has 0 aliphatic rings. The van der Waals surface area contributed by atoms with E-state index in [9.17, 15) is 5.11 Å². The third kappa shape index (κ3) is 3.17. The fourth-order valence-corrected chi connectivity index (χ4v) is 2.12. The van der Waals surface area contributed by atoms with Crippen LogP contribution in [-0.2, 0) is 12.1 Å². The largest absolute Gasteiger partial charge is 0.383 e. The molecule has 0 bridgehead atoms. The lowest BCUT2D eigenvalue weighted by Crippen LogP contribution is -2.43. The van der Waals surface area contributed by atoms with Gasteiger partial charge in [-0.05, 0) is 11.0 Å². The second kappa shape index (κ2) is 5.76. The van der Waals surface area contributed by atoms with Crippen molar-refractivity contribution in [3.63, 3.8) is 0 Å². The highest BCUT2D eigenvalue weighted by Gasteiger charge is 2.41. The van der Waals surface area contributed by atoms with Gasteiger partial charge in [0.05, 0.1) is 12.9 Å². The van der Waals surface area contributed by atoms with Crippen molar-refractivity contribution < 1.29 is 5.11 Å². The first-order chi connectivity index (χ1) is 8.43. The Kier molecular flexibility index (Phi) is 4.77. The normalized spacial score (nSPS) is 14.5. The minimum Gasteiger partial charge on any atom is -0.383 e. The Morgan fingerprint density at radius 2 is 1.79 bits per heavy atom. The van der Waals surface area contributed by atoms with Crippen molar-refractivity contribution in [2.24, 2.45) is 5.41 Å². The van der Waals surface area contributed by atoms with Crippen LogP contribution in [0, 0.1) is 5.41 Å². The molecule has 0 radical (unpaired) electrons. The standard InChI is InChI=1S/C15H20N2O.ClH/c1-14(2,3)15(18,11-17-10-9-16-12-17)13-7-5-4-6-8-13;/h4-10,12,18H,11H2,1-3H3;1H. The van der Waals surface area contributed by atoms with Crippen LogP contribution in [0.3, 0.4) is 0 Å². The third-order valence-electron chi connectivity index (χ3n) is 3.46. The molecule has 1 aromatic heterocycles. The van der Waals surface area contributed by atoms with Crippen molar-refractivity contribution in [2.45, 2.75) is 32.9 Å². The van der Waals surface area contributed by atoms with Gasteiger partial charge in [0, 0.05) is 12.4 Å². The van der Waals surface area contributed by atoms with Crippen LogP contribution in [-0.4, -0.2) is 14.7 Å². The van der Waals surface area contributed by atoms with Crippen LogP contribution >= 0.6 is 12.4 Å². The van der Waals surface area contributed by atoms with Gasteiger partial charge < -0.3 is 9.67 Å². The number of rotatable bonds is 3. The average molecular weight is 281 g/mol. The maximum Gasteiger partial charge on any atom is 0.112 e. The lowest BCUT2D eigenvalue weighted by molar-refractivity contribution is -0.0781. The quantitative estimate of drug-likeness (QED) is 0.937. The van der Waals surface area contributed by atoms with Gasteiger partial charge in [-0.2, -0.15) is 0 Å². The second-order valence-corrected chi connectivity index (χ2v) is 5.71. The second-order valence-electron chi connectivity index (χ2n) is 5.71. The van der Waals surface area contributed by atoms with Crippen LogP contribution in [0.25, 0.3) is 0 Å². The highest BCUT2D eigenvalue weighted by molar-refractivity contribution is 5.85. The van der Waals surface area contributed by atoms with Crippen molar-refractivity contribution in [1.29, 1.82) is 0 Å². The Morgan fingerprint density at radius 3 is 2.26 bits per heavy atom. The number of benzene rings is 1. The molecule has 3 nitrogen and oxygen atoms in total. The Bertz CT molecular complexity index is 491. The summed E-state index contributed by atoms with van der Waals surface area (Å²) in [5, 5.41) is 11.1. The smallest absolute Gasteiger partial charge is 0.112 e. The molecule has 1 N–H and O–H groups in total. The SMILES string of the molecule is CC(C)(C)C(O)(Cn1ccnc1)c1ccccc1.Cl. The molecule has 0 saturated heterocycles. The Labute approximate surface area is 120 Å². The molecule has 104 valence electrons. The van der Waals surface area contributed by atoms with Crippen LogP contribution in [0.2, 0.25) is 0 Å². The molecule has 0 aliphatic heterocycles. The summed E-state index contributed by atoms with van der Waals surface area (Å²) in [4.78, 5) is 4.03. The summed E-state index contributed by atoms with van der Waals surface area (Å²) in [6, 6.07) is 9.83. The molecular formula is C15H21ClN2O. The maximum atomic E-state index is 11.1. The van der Waals surface area contributed by atoms with Gasteiger partial charge in [0.15, 0.2) is 0 Å². The maximum absolute atomic E-state index is 11.1. The van der Waals surface area contributed by atoms with E-state index in [1.165, 1.54) is 0 Å². The first kappa shape index (κ1) is 15.7. The Balaban J connectivity index is 0.00000180. The number of imidazole rings is 1. The van der Waals surface area contributed by atoms with Gasteiger partial charge in [-0.25, -0.2) is 4.98 Å². The molecule has 1 unspecified atom stereocenters. The van der Waals surface area contributed by atoms with Gasteiger partial charge in [0.1, 0.15) is 5.60 Å². The minimum atomic E-state index is -0.922. The number of hydrogen-bond acceptors (Lipinski definition) is 2. The van der Waals surface area contributed by atoms with Crippen LogP contribution < -0.4 is 0 Å². The van der Waals surface area contributed by atoms with Gasteiger partial charge in [0.25, 0.3) is 0 Å². The van der Waals surface area contributed by atoms with E-state index in [-0.39, 0.29) is 17.8 Å². The molecule has 1 atom stereocenters. The third-order valence-corrected chi connectivity index (χ3v) is 3.46. The number of aromatic nitrogens is 2. The van der Waals surface area contributed by atoms with E-state index >= 15 is 0 Å². The van der Waals surface area contributed by atoms with Gasteiger partial charge in [-0.1, -0.05) is 51.1 Å². The highest BCUT2D eigenvalue weighted by Crippen LogP contribution is 2.40. The van der Waals surface area contributed by atoms with E-state index < -0.39 is 5.60 Å². The van der Waals surface area contributed by atoms with Crippen LogP contribution in [0.15, 0.2) is 49.1 Å². The molecule has 19 heavy (non-hydrogen) atoms. The summed E-state index contributed by atoms with van der Waals surface area (Å²) in [5.74, 6) is 0. The Morgan fingerprint density at radius 1 is 1.16 bits per heavy atom. The first-order valence-corrected chi connectivity index (χ1v) is 6.17. The molecule has 0 fully saturated rings. The van der Waals surface area contributed by atoms with Crippen molar-refractivity contribution in [3.05, 3.63) is 54.6 Å². The summed E-state index contributed by atoms with van der Waals surface area (Å²) in [7, 11) is 0. The van der Waals surface area contributed by atoms with E-state index in [1.54, 1.807) is 12.5 Å². The summed E-state index contributed by atoms with van der Waals surface area (Å²) in [5.41, 5.74) is -0.251. The molecule has 1 heterocycles. The first-order valence-electron chi connectivity index (χ1n) is 6.17. The zero-order chi connectivity index (χ0) is 13.2. The summed E-state index contributed by atoms with van der Waals surface area (Å²) in [6.07, 6.45) is 5.34. The average Bonchev–Trinajstić information content (AvgIpc) is 2.81. The number of nitrogens with zero attached hydrogens (tertiary/aromatic N) is 2. The van der Waals surface area contributed by atoms with Crippen molar-refractivity contribution in [1.82, 2.24) is 9.55 Å². The van der Waals surface area contributed by atoms with Crippen molar-refractivity contribution in [2.75, 3.05) is 0 Å². The van der Waals surface area contributed by atoms with E-state index in [1.807, 2.05) is 41.1 Å².